The van der Waals surface area contributed by atoms with Gasteiger partial charge in [-0.15, -0.1) is 3.89 Å². The Morgan fingerprint density at radius 3 is 2.39 bits per heavy atom. The van der Waals surface area contributed by atoms with Gasteiger partial charge in [0.05, 0.1) is 5.75 Å². The van der Waals surface area contributed by atoms with Gasteiger partial charge in [-0.25, -0.2) is 4.79 Å². The van der Waals surface area contributed by atoms with Gasteiger partial charge < -0.3 is 10.1 Å². The van der Waals surface area contributed by atoms with Crippen molar-refractivity contribution in [1.29, 1.82) is 0 Å². The molecule has 0 aromatic heterocycles. The van der Waals surface area contributed by atoms with Crippen molar-refractivity contribution in [2.45, 2.75) is 51.7 Å². The molecule has 106 valence electrons. The average molecular weight is 281 g/mol. The number of carbonyl (C=O) groups is 1. The van der Waals surface area contributed by atoms with E-state index < -0.39 is 27.7 Å². The summed E-state index contributed by atoms with van der Waals surface area (Å²) in [4.78, 5) is 11.4. The molecule has 0 saturated heterocycles. The lowest BCUT2D eigenvalue weighted by Crippen LogP contribution is -2.46. The van der Waals surface area contributed by atoms with Crippen LogP contribution in [0.1, 0.15) is 40.0 Å². The molecule has 1 amide bonds. The van der Waals surface area contributed by atoms with Gasteiger partial charge in [0.25, 0.3) is 0 Å². The molecule has 0 heterocycles. The third-order valence-electron chi connectivity index (χ3n) is 2.73. The van der Waals surface area contributed by atoms with Crippen LogP contribution in [0.15, 0.2) is 0 Å². The summed E-state index contributed by atoms with van der Waals surface area (Å²) in [6.07, 6.45) is 1.19. The average Bonchev–Trinajstić information content (AvgIpc) is 2.03. The van der Waals surface area contributed by atoms with Gasteiger partial charge in [-0.3, -0.25) is 0 Å². The van der Waals surface area contributed by atoms with Gasteiger partial charge in [0.1, 0.15) is 5.60 Å². The Hall–Kier alpha value is -0.850. The second-order valence-corrected chi connectivity index (χ2v) is 7.20. The van der Waals surface area contributed by atoms with Crippen molar-refractivity contribution in [1.82, 2.24) is 5.32 Å². The smallest absolute Gasteiger partial charge is 0.407 e. The lowest BCUT2D eigenvalue weighted by Gasteiger charge is -2.36. The van der Waals surface area contributed by atoms with Crippen LogP contribution in [0.3, 0.4) is 0 Å². The molecule has 0 bridgehead atoms. The highest BCUT2D eigenvalue weighted by atomic mass is 32.3. The first-order valence-electron chi connectivity index (χ1n) is 5.97. The van der Waals surface area contributed by atoms with Gasteiger partial charge in [-0.1, -0.05) is 0 Å². The van der Waals surface area contributed by atoms with E-state index in [4.69, 9.17) is 4.74 Å². The molecule has 1 aliphatic carbocycles. The normalized spacial score (nSPS) is 24.2. The molecule has 0 unspecified atom stereocenters. The monoisotopic (exact) mass is 281 g/mol. The molecule has 1 rings (SSSR count). The van der Waals surface area contributed by atoms with Crippen LogP contribution in [0.5, 0.6) is 0 Å². The summed E-state index contributed by atoms with van der Waals surface area (Å²) in [5.74, 6) is -0.271. The van der Waals surface area contributed by atoms with E-state index in [1.165, 1.54) is 0 Å². The van der Waals surface area contributed by atoms with E-state index in [1.54, 1.807) is 20.8 Å². The molecule has 1 aliphatic rings. The Morgan fingerprint density at radius 1 is 1.39 bits per heavy atom. The van der Waals surface area contributed by atoms with E-state index in [2.05, 4.69) is 5.32 Å². The molecule has 0 aromatic carbocycles. The summed E-state index contributed by atoms with van der Waals surface area (Å²) in [5.41, 5.74) is -0.532. The molecule has 0 atom stereocenters. The molecule has 1 fully saturated rings. The molecule has 5 nitrogen and oxygen atoms in total. The fourth-order valence-corrected chi connectivity index (χ4v) is 2.49. The largest absolute Gasteiger partial charge is 0.444 e. The number of nitrogens with one attached hydrogen (secondary N) is 1. The third kappa shape index (κ3) is 6.18. The number of halogens is 1. The minimum atomic E-state index is -4.37. The maximum absolute atomic E-state index is 12.3. The van der Waals surface area contributed by atoms with Crippen molar-refractivity contribution in [2.24, 2.45) is 5.92 Å². The first-order chi connectivity index (χ1) is 8.05. The number of alkyl carbamates (subject to hydrolysis) is 1. The van der Waals surface area contributed by atoms with Gasteiger partial charge in [-0.2, -0.15) is 8.42 Å². The van der Waals surface area contributed by atoms with Crippen molar-refractivity contribution in [2.75, 3.05) is 5.75 Å². The van der Waals surface area contributed by atoms with E-state index in [0.717, 1.165) is 0 Å². The highest BCUT2D eigenvalue weighted by molar-refractivity contribution is 7.86. The molecule has 0 spiro atoms. The number of hydrogen-bond donors (Lipinski definition) is 1. The van der Waals surface area contributed by atoms with Crippen LogP contribution in [0.4, 0.5) is 8.68 Å². The Morgan fingerprint density at radius 2 is 1.94 bits per heavy atom. The summed E-state index contributed by atoms with van der Waals surface area (Å²) in [7, 11) is -4.37. The Bertz CT molecular complexity index is 396. The van der Waals surface area contributed by atoms with Crippen LogP contribution >= 0.6 is 0 Å². The molecule has 0 aliphatic heterocycles. The lowest BCUT2D eigenvalue weighted by atomic mass is 9.79. The zero-order valence-corrected chi connectivity index (χ0v) is 11.7. The highest BCUT2D eigenvalue weighted by Crippen LogP contribution is 2.31. The molecule has 0 aromatic rings. The maximum atomic E-state index is 12.3. The number of hydrogen-bond acceptors (Lipinski definition) is 4. The van der Waals surface area contributed by atoms with Crippen molar-refractivity contribution in [3.63, 3.8) is 0 Å². The van der Waals surface area contributed by atoms with Gasteiger partial charge in [-0.05, 0) is 46.0 Å². The van der Waals surface area contributed by atoms with E-state index in [9.17, 15) is 17.1 Å². The minimum absolute atomic E-state index is 0.00663. The van der Waals surface area contributed by atoms with Gasteiger partial charge in [0, 0.05) is 6.04 Å². The summed E-state index contributed by atoms with van der Waals surface area (Å²) >= 11 is 0. The van der Waals surface area contributed by atoms with Crippen LogP contribution in [-0.4, -0.2) is 31.9 Å². The molecular formula is C11H20FNO4S. The zero-order valence-electron chi connectivity index (χ0n) is 10.9. The predicted molar refractivity (Wildman–Crippen MR) is 65.4 cm³/mol. The number of carbonyl (C=O) groups excluding carboxylic acids is 1. The van der Waals surface area contributed by atoms with Gasteiger partial charge >= 0.3 is 16.3 Å². The Labute approximate surface area is 107 Å². The maximum Gasteiger partial charge on any atom is 0.407 e. The Balaban J connectivity index is 2.18. The van der Waals surface area contributed by atoms with Crippen molar-refractivity contribution in [3.8, 4) is 0 Å². The highest BCUT2D eigenvalue weighted by Gasteiger charge is 2.32. The molecule has 7 heteroatoms. The lowest BCUT2D eigenvalue weighted by molar-refractivity contribution is 0.0451. The van der Waals surface area contributed by atoms with E-state index in [0.29, 0.717) is 19.3 Å². The number of amides is 1. The van der Waals surface area contributed by atoms with E-state index in [-0.39, 0.29) is 12.0 Å². The van der Waals surface area contributed by atoms with Gasteiger partial charge in [0.15, 0.2) is 0 Å². The summed E-state index contributed by atoms with van der Waals surface area (Å²) < 4.78 is 38.0. The SMILES string of the molecule is CC(C)(C)OC(=O)NC1CC(CCS(=O)(=O)F)C1. The van der Waals surface area contributed by atoms with Crippen LogP contribution in [0.2, 0.25) is 0 Å². The van der Waals surface area contributed by atoms with Crippen molar-refractivity contribution < 1.29 is 21.8 Å². The second kappa shape index (κ2) is 5.42. The summed E-state index contributed by atoms with van der Waals surface area (Å²) in [6.45, 7) is 5.34. The summed E-state index contributed by atoms with van der Waals surface area (Å²) in [6, 6.07) is 0.00663. The van der Waals surface area contributed by atoms with Gasteiger partial charge in [0.2, 0.25) is 0 Å². The third-order valence-corrected chi connectivity index (χ3v) is 3.45. The first-order valence-corrected chi connectivity index (χ1v) is 7.52. The van der Waals surface area contributed by atoms with Crippen LogP contribution in [-0.2, 0) is 15.0 Å². The quantitative estimate of drug-likeness (QED) is 0.800. The van der Waals surface area contributed by atoms with Crippen molar-refractivity contribution in [3.05, 3.63) is 0 Å². The topological polar surface area (TPSA) is 72.5 Å². The second-order valence-electron chi connectivity index (χ2n) is 5.71. The Kier molecular flexibility index (Phi) is 4.58. The predicted octanol–water partition coefficient (Wildman–Crippen LogP) is 1.98. The molecule has 0 radical (unpaired) electrons. The molecule has 18 heavy (non-hydrogen) atoms. The van der Waals surface area contributed by atoms with Crippen LogP contribution in [0.25, 0.3) is 0 Å². The van der Waals surface area contributed by atoms with Crippen LogP contribution in [0, 0.1) is 5.92 Å². The fourth-order valence-electron chi connectivity index (χ4n) is 1.87. The summed E-state index contributed by atoms with van der Waals surface area (Å²) in [5, 5.41) is 2.70. The molecule has 1 N–H and O–H groups in total. The standard InChI is InChI=1S/C11H20FNO4S/c1-11(2,3)17-10(14)13-9-6-8(7-9)4-5-18(12,15)16/h8-9H,4-7H2,1-3H3,(H,13,14). The van der Waals surface area contributed by atoms with E-state index in [1.807, 2.05) is 0 Å². The zero-order chi connectivity index (χ0) is 14.0. The van der Waals surface area contributed by atoms with E-state index >= 15 is 0 Å². The number of ether oxygens (including phenoxy) is 1. The number of rotatable bonds is 4. The van der Waals surface area contributed by atoms with Crippen LogP contribution < -0.4 is 5.32 Å². The molecule has 1 saturated carbocycles. The van der Waals surface area contributed by atoms with Crippen molar-refractivity contribution >= 4 is 16.3 Å². The molecular weight excluding hydrogens is 261 g/mol. The fraction of sp³-hybridized carbons (Fsp3) is 0.909. The minimum Gasteiger partial charge on any atom is -0.444 e. The first kappa shape index (κ1) is 15.2.